The summed E-state index contributed by atoms with van der Waals surface area (Å²) in [5.41, 5.74) is 2.05. The third-order valence-electron chi connectivity index (χ3n) is 3.08. The van der Waals surface area contributed by atoms with Gasteiger partial charge in [0.15, 0.2) is 0 Å². The standard InChI is InChI=1S/C14H7O2.Li/c15-13-9-5-1-2-6-10(9)14(16)12-8-4-3-7-11(12)13;/h1-3,5-8H;. The van der Waals surface area contributed by atoms with Crippen LogP contribution in [0.4, 0.5) is 0 Å². The zero-order chi connectivity index (χ0) is 12.0. The molecule has 2 nitrogen and oxygen atoms in total. The Balaban J connectivity index is 2.33. The van der Waals surface area contributed by atoms with Crippen molar-refractivity contribution >= 4 is 33.5 Å². The van der Waals surface area contributed by atoms with E-state index >= 15 is 0 Å². The molecule has 0 saturated heterocycles. The van der Waals surface area contributed by atoms with Gasteiger partial charge in [0, 0.05) is 0 Å². The minimum absolute atomic E-state index is 0.0566. The second kappa shape index (κ2) is 3.70. The molecule has 2 aromatic carbocycles. The fourth-order valence-corrected chi connectivity index (χ4v) is 2.21. The number of rotatable bonds is 0. The maximum absolute atomic E-state index is 12.3. The van der Waals surface area contributed by atoms with E-state index in [2.05, 4.69) is 0 Å². The van der Waals surface area contributed by atoms with Crippen molar-refractivity contribution in [3.05, 3.63) is 64.7 Å². The molecule has 1 aliphatic carbocycles. The molecule has 0 amide bonds. The summed E-state index contributed by atoms with van der Waals surface area (Å²) in [4.78, 5) is 24.5. The van der Waals surface area contributed by atoms with Crippen molar-refractivity contribution in [2.75, 3.05) is 0 Å². The van der Waals surface area contributed by atoms with Crippen LogP contribution in [0.3, 0.4) is 0 Å². The van der Waals surface area contributed by atoms with Gasteiger partial charge < -0.3 is 0 Å². The Labute approximate surface area is 108 Å². The van der Waals surface area contributed by atoms with Gasteiger partial charge in [0.05, 0.1) is 0 Å². The molecule has 2 aromatic rings. The normalized spacial score (nSPS) is 13.3. The van der Waals surface area contributed by atoms with E-state index in [9.17, 15) is 9.59 Å². The van der Waals surface area contributed by atoms with Crippen LogP contribution in [0.15, 0.2) is 42.5 Å². The van der Waals surface area contributed by atoms with Gasteiger partial charge >= 0.3 is 108 Å². The van der Waals surface area contributed by atoms with Gasteiger partial charge in [-0.3, -0.25) is 0 Å². The second-order valence-electron chi connectivity index (χ2n) is 4.25. The van der Waals surface area contributed by atoms with Gasteiger partial charge in [-0.25, -0.2) is 0 Å². The summed E-state index contributed by atoms with van der Waals surface area (Å²) in [5.74, 6) is -0.117. The van der Waals surface area contributed by atoms with Crippen molar-refractivity contribution in [1.29, 1.82) is 0 Å². The molecule has 0 spiro atoms. The van der Waals surface area contributed by atoms with Crippen LogP contribution in [0.1, 0.15) is 31.8 Å². The van der Waals surface area contributed by atoms with Gasteiger partial charge in [-0.05, 0) is 0 Å². The molecule has 0 aliphatic heterocycles. The average Bonchev–Trinajstić information content (AvgIpc) is 2.36. The van der Waals surface area contributed by atoms with Crippen LogP contribution in [-0.4, -0.2) is 29.3 Å². The number of ketones is 2. The summed E-state index contributed by atoms with van der Waals surface area (Å²) in [7, 11) is 0. The quantitative estimate of drug-likeness (QED) is 0.528. The van der Waals surface area contributed by atoms with Gasteiger partial charge in [0.2, 0.25) is 0 Å². The molecule has 0 unspecified atom stereocenters. The summed E-state index contributed by atoms with van der Waals surface area (Å²) >= 11 is 1.92. The Kier molecular flexibility index (Phi) is 2.29. The Morgan fingerprint density at radius 3 is 1.88 bits per heavy atom. The van der Waals surface area contributed by atoms with Crippen LogP contribution < -0.4 is 4.24 Å². The number of hydrogen-bond acceptors (Lipinski definition) is 2. The summed E-state index contributed by atoms with van der Waals surface area (Å²) in [5, 5.41) is 0. The molecule has 0 aromatic heterocycles. The molecule has 76 valence electrons. The van der Waals surface area contributed by atoms with E-state index < -0.39 is 0 Å². The topological polar surface area (TPSA) is 34.1 Å². The molecule has 3 rings (SSSR count). The summed E-state index contributed by atoms with van der Waals surface area (Å²) in [6, 6.07) is 12.4. The number of benzene rings is 2. The monoisotopic (exact) mass is 214 g/mol. The molecule has 1 aliphatic rings. The molecule has 0 N–H and O–H groups in total. The van der Waals surface area contributed by atoms with E-state index in [-0.39, 0.29) is 11.6 Å². The average molecular weight is 214 g/mol. The Morgan fingerprint density at radius 2 is 1.24 bits per heavy atom. The molecule has 0 saturated carbocycles. The molecule has 3 heteroatoms. The van der Waals surface area contributed by atoms with Crippen molar-refractivity contribution in [3.63, 3.8) is 0 Å². The van der Waals surface area contributed by atoms with Crippen molar-refractivity contribution in [3.8, 4) is 0 Å². The first kappa shape index (κ1) is 10.5. The predicted octanol–water partition coefficient (Wildman–Crippen LogP) is 1.26. The number of fused-ring (bicyclic) bond motifs is 2. The van der Waals surface area contributed by atoms with Crippen molar-refractivity contribution in [1.82, 2.24) is 0 Å². The van der Waals surface area contributed by atoms with Crippen molar-refractivity contribution < 1.29 is 9.59 Å². The molecule has 0 heterocycles. The van der Waals surface area contributed by atoms with Crippen LogP contribution in [0.2, 0.25) is 0 Å². The third-order valence-corrected chi connectivity index (χ3v) is 3.08. The maximum atomic E-state index is 12.3. The van der Waals surface area contributed by atoms with Gasteiger partial charge in [-0.1, -0.05) is 0 Å². The zero-order valence-corrected chi connectivity index (χ0v) is 9.36. The van der Waals surface area contributed by atoms with E-state index in [1.807, 2.05) is 23.8 Å². The number of carbonyl (C=O) groups excluding carboxylic acids is 2. The van der Waals surface area contributed by atoms with Gasteiger partial charge in [0.25, 0.3) is 0 Å². The number of hydrogen-bond donors (Lipinski definition) is 0. The van der Waals surface area contributed by atoms with Crippen LogP contribution in [0.25, 0.3) is 0 Å². The van der Waals surface area contributed by atoms with Crippen LogP contribution in [-0.2, 0) is 0 Å². The minimum atomic E-state index is -0.0600. The first-order valence-electron chi connectivity index (χ1n) is 5.47. The van der Waals surface area contributed by atoms with Crippen molar-refractivity contribution in [2.24, 2.45) is 0 Å². The summed E-state index contributed by atoms with van der Waals surface area (Å²) in [6.07, 6.45) is 0. The molecular weight excluding hydrogens is 207 g/mol. The Bertz CT molecular complexity index is 659. The Morgan fingerprint density at radius 1 is 0.706 bits per heavy atom. The van der Waals surface area contributed by atoms with Gasteiger partial charge in [0.1, 0.15) is 0 Å². The van der Waals surface area contributed by atoms with Gasteiger partial charge in [-0.15, -0.1) is 0 Å². The molecule has 0 atom stereocenters. The first-order valence-corrected chi connectivity index (χ1v) is 5.47. The summed E-state index contributed by atoms with van der Waals surface area (Å²) in [6.45, 7) is 0. The van der Waals surface area contributed by atoms with Crippen LogP contribution in [0, 0.1) is 0 Å². The molecule has 17 heavy (non-hydrogen) atoms. The van der Waals surface area contributed by atoms with E-state index in [1.165, 1.54) is 0 Å². The van der Waals surface area contributed by atoms with E-state index in [4.69, 9.17) is 0 Å². The third kappa shape index (κ3) is 1.50. The fraction of sp³-hybridized carbons (Fsp3) is 0. The van der Waals surface area contributed by atoms with E-state index in [0.29, 0.717) is 22.3 Å². The Hall–Kier alpha value is -1.62. The first-order chi connectivity index (χ1) is 8.18. The molecule has 0 fully saturated rings. The predicted molar refractivity (Wildman–Crippen MR) is 65.1 cm³/mol. The van der Waals surface area contributed by atoms with Crippen molar-refractivity contribution in [2.45, 2.75) is 0 Å². The van der Waals surface area contributed by atoms with E-state index in [0.717, 1.165) is 4.24 Å². The zero-order valence-electron chi connectivity index (χ0n) is 9.36. The van der Waals surface area contributed by atoms with E-state index in [1.54, 1.807) is 36.4 Å². The second-order valence-corrected chi connectivity index (χ2v) is 4.25. The van der Waals surface area contributed by atoms with Crippen LogP contribution >= 0.6 is 0 Å². The molecular formula is C14H7LiO2. The SMILES string of the molecule is [Li][c]1ccc2c(c1)C(=O)c1ccccc1C2=O. The fourth-order valence-electron chi connectivity index (χ4n) is 2.21. The molecule has 0 radical (unpaired) electrons. The number of carbonyl (C=O) groups is 2. The van der Waals surface area contributed by atoms with Gasteiger partial charge in [-0.2, -0.15) is 0 Å². The molecule has 0 bridgehead atoms. The van der Waals surface area contributed by atoms with Crippen LogP contribution in [0.5, 0.6) is 0 Å². The summed E-state index contributed by atoms with van der Waals surface area (Å²) < 4.78 is 0.990.